The summed E-state index contributed by atoms with van der Waals surface area (Å²) in [5.74, 6) is 0. The van der Waals surface area contributed by atoms with Crippen molar-refractivity contribution in [3.05, 3.63) is 39.9 Å². The Morgan fingerprint density at radius 3 is 2.56 bits per heavy atom. The van der Waals surface area contributed by atoms with E-state index in [0.717, 1.165) is 18.8 Å². The van der Waals surface area contributed by atoms with Gasteiger partial charge in [-0.05, 0) is 31.0 Å². The van der Waals surface area contributed by atoms with Crippen LogP contribution in [0.1, 0.15) is 11.3 Å². The molecule has 1 aromatic carbocycles. The molecule has 0 spiro atoms. The van der Waals surface area contributed by atoms with Gasteiger partial charge >= 0.3 is 0 Å². The molecule has 0 aliphatic carbocycles. The summed E-state index contributed by atoms with van der Waals surface area (Å²) in [5.41, 5.74) is 2.14. The van der Waals surface area contributed by atoms with E-state index >= 15 is 0 Å². The lowest BCUT2D eigenvalue weighted by molar-refractivity contribution is 0.315. The Balaban J connectivity index is 1.94. The number of hydrogen-bond donors (Lipinski definition) is 0. The van der Waals surface area contributed by atoms with Crippen molar-refractivity contribution in [3.63, 3.8) is 0 Å². The first-order chi connectivity index (χ1) is 8.69. The molecule has 2 rings (SSSR count). The lowest BCUT2D eigenvalue weighted by Gasteiger charge is -2.15. The second kappa shape index (κ2) is 6.52. The molecular weight excluding hydrogens is 286 g/mol. The van der Waals surface area contributed by atoms with Gasteiger partial charge in [-0.25, -0.2) is 0 Å². The van der Waals surface area contributed by atoms with Gasteiger partial charge in [-0.1, -0.05) is 28.2 Å². The molecule has 0 fully saturated rings. The third-order valence-corrected chi connectivity index (χ3v) is 4.27. The van der Waals surface area contributed by atoms with Crippen LogP contribution in [0.15, 0.2) is 29.2 Å². The standard InChI is InChI=1S/C12H14ClN3S2/c1-16(8-11-12(13)18-15-14-11)7-9-3-5-10(17-2)6-4-9/h3-6H,7-8H2,1-2H3. The Bertz CT molecular complexity index is 498. The zero-order valence-electron chi connectivity index (χ0n) is 10.3. The Morgan fingerprint density at radius 2 is 2.00 bits per heavy atom. The maximum atomic E-state index is 5.99. The van der Waals surface area contributed by atoms with Gasteiger partial charge < -0.3 is 0 Å². The van der Waals surface area contributed by atoms with Crippen LogP contribution in [0, 0.1) is 0 Å². The highest BCUT2D eigenvalue weighted by Crippen LogP contribution is 2.20. The molecule has 0 unspecified atom stereocenters. The van der Waals surface area contributed by atoms with Crippen molar-refractivity contribution in [1.82, 2.24) is 14.5 Å². The van der Waals surface area contributed by atoms with E-state index in [1.54, 1.807) is 11.8 Å². The van der Waals surface area contributed by atoms with E-state index in [4.69, 9.17) is 11.6 Å². The fourth-order valence-electron chi connectivity index (χ4n) is 1.65. The van der Waals surface area contributed by atoms with Crippen molar-refractivity contribution < 1.29 is 0 Å². The SMILES string of the molecule is CSc1ccc(CN(C)Cc2nnsc2Cl)cc1. The van der Waals surface area contributed by atoms with Gasteiger partial charge in [0.25, 0.3) is 0 Å². The summed E-state index contributed by atoms with van der Waals surface area (Å²) in [5, 5.41) is 4.02. The molecule has 3 nitrogen and oxygen atoms in total. The van der Waals surface area contributed by atoms with Crippen LogP contribution in [-0.2, 0) is 13.1 Å². The largest absolute Gasteiger partial charge is 0.296 e. The van der Waals surface area contributed by atoms with E-state index in [2.05, 4.69) is 52.1 Å². The first-order valence-corrected chi connectivity index (χ1v) is 7.85. The van der Waals surface area contributed by atoms with Crippen LogP contribution in [0.2, 0.25) is 4.34 Å². The molecule has 0 aliphatic rings. The summed E-state index contributed by atoms with van der Waals surface area (Å²) in [7, 11) is 2.05. The zero-order chi connectivity index (χ0) is 13.0. The van der Waals surface area contributed by atoms with Crippen molar-refractivity contribution in [2.75, 3.05) is 13.3 Å². The molecule has 0 saturated carbocycles. The van der Waals surface area contributed by atoms with Gasteiger partial charge in [-0.3, -0.25) is 4.90 Å². The Kier molecular flexibility index (Phi) is 5.00. The van der Waals surface area contributed by atoms with Crippen molar-refractivity contribution in [2.24, 2.45) is 0 Å². The summed E-state index contributed by atoms with van der Waals surface area (Å²) < 4.78 is 4.51. The number of thioether (sulfide) groups is 1. The summed E-state index contributed by atoms with van der Waals surface area (Å²) in [6.07, 6.45) is 2.08. The minimum atomic E-state index is 0.680. The molecule has 0 amide bonds. The lowest BCUT2D eigenvalue weighted by Crippen LogP contribution is -2.17. The van der Waals surface area contributed by atoms with Crippen LogP contribution >= 0.6 is 34.9 Å². The quantitative estimate of drug-likeness (QED) is 0.790. The third-order valence-electron chi connectivity index (χ3n) is 2.54. The molecular formula is C12H14ClN3S2. The van der Waals surface area contributed by atoms with Crippen molar-refractivity contribution in [2.45, 2.75) is 18.0 Å². The highest BCUT2D eigenvalue weighted by atomic mass is 35.5. The lowest BCUT2D eigenvalue weighted by atomic mass is 10.2. The van der Waals surface area contributed by atoms with Gasteiger partial charge in [0, 0.05) is 29.5 Å². The van der Waals surface area contributed by atoms with Gasteiger partial charge in [0.2, 0.25) is 0 Å². The molecule has 96 valence electrons. The molecule has 6 heteroatoms. The van der Waals surface area contributed by atoms with E-state index in [9.17, 15) is 0 Å². The molecule has 0 saturated heterocycles. The third kappa shape index (κ3) is 3.68. The Morgan fingerprint density at radius 1 is 1.28 bits per heavy atom. The van der Waals surface area contributed by atoms with Crippen molar-refractivity contribution in [1.29, 1.82) is 0 Å². The van der Waals surface area contributed by atoms with Crippen LogP contribution in [0.3, 0.4) is 0 Å². The molecule has 1 aromatic heterocycles. The minimum Gasteiger partial charge on any atom is -0.296 e. The number of aromatic nitrogens is 2. The second-order valence-corrected chi connectivity index (χ2v) is 6.25. The first-order valence-electron chi connectivity index (χ1n) is 5.47. The van der Waals surface area contributed by atoms with Gasteiger partial charge in [0.1, 0.15) is 10.0 Å². The average molecular weight is 300 g/mol. The minimum absolute atomic E-state index is 0.680. The van der Waals surface area contributed by atoms with E-state index in [1.165, 1.54) is 22.0 Å². The molecule has 0 atom stereocenters. The van der Waals surface area contributed by atoms with Crippen molar-refractivity contribution in [3.8, 4) is 0 Å². The highest BCUT2D eigenvalue weighted by Gasteiger charge is 2.08. The van der Waals surface area contributed by atoms with E-state index in [0.29, 0.717) is 4.34 Å². The van der Waals surface area contributed by atoms with Crippen molar-refractivity contribution >= 4 is 34.9 Å². The maximum absolute atomic E-state index is 5.99. The molecule has 0 bridgehead atoms. The zero-order valence-corrected chi connectivity index (χ0v) is 12.6. The summed E-state index contributed by atoms with van der Waals surface area (Å²) in [4.78, 5) is 3.46. The topological polar surface area (TPSA) is 29.0 Å². The van der Waals surface area contributed by atoms with Gasteiger partial charge in [-0.2, -0.15) is 0 Å². The molecule has 0 N–H and O–H groups in total. The van der Waals surface area contributed by atoms with E-state index in [1.807, 2.05) is 0 Å². The molecule has 0 aliphatic heterocycles. The summed E-state index contributed by atoms with van der Waals surface area (Å²) in [6.45, 7) is 1.60. The normalized spacial score (nSPS) is 11.1. The molecule has 2 aromatic rings. The smallest absolute Gasteiger partial charge is 0.138 e. The number of hydrogen-bond acceptors (Lipinski definition) is 5. The predicted molar refractivity (Wildman–Crippen MR) is 78.3 cm³/mol. The van der Waals surface area contributed by atoms with Gasteiger partial charge in [-0.15, -0.1) is 16.9 Å². The monoisotopic (exact) mass is 299 g/mol. The predicted octanol–water partition coefficient (Wildman–Crippen LogP) is 3.55. The maximum Gasteiger partial charge on any atom is 0.138 e. The number of rotatable bonds is 5. The summed E-state index contributed by atoms with van der Waals surface area (Å²) >= 11 is 8.98. The van der Waals surface area contributed by atoms with Crippen LogP contribution in [0.25, 0.3) is 0 Å². The van der Waals surface area contributed by atoms with Crippen LogP contribution in [0.4, 0.5) is 0 Å². The summed E-state index contributed by atoms with van der Waals surface area (Å²) in [6, 6.07) is 8.60. The van der Waals surface area contributed by atoms with Gasteiger partial charge in [0.05, 0.1) is 0 Å². The van der Waals surface area contributed by atoms with Crippen LogP contribution in [-0.4, -0.2) is 27.8 Å². The molecule has 1 heterocycles. The first kappa shape index (κ1) is 13.8. The number of halogens is 1. The number of nitrogens with zero attached hydrogens (tertiary/aromatic N) is 3. The Hall–Kier alpha value is -0.620. The van der Waals surface area contributed by atoms with E-state index in [-0.39, 0.29) is 0 Å². The Labute approximate surface area is 120 Å². The fourth-order valence-corrected chi connectivity index (χ4v) is 2.67. The van der Waals surface area contributed by atoms with Crippen LogP contribution in [0.5, 0.6) is 0 Å². The number of benzene rings is 1. The molecule has 0 radical (unpaired) electrons. The van der Waals surface area contributed by atoms with E-state index < -0.39 is 0 Å². The average Bonchev–Trinajstić information content (AvgIpc) is 2.76. The highest BCUT2D eigenvalue weighted by molar-refractivity contribution is 7.98. The second-order valence-electron chi connectivity index (χ2n) is 4.01. The molecule has 18 heavy (non-hydrogen) atoms. The van der Waals surface area contributed by atoms with Crippen LogP contribution < -0.4 is 0 Å². The fraction of sp³-hybridized carbons (Fsp3) is 0.333. The van der Waals surface area contributed by atoms with Gasteiger partial charge in [0.15, 0.2) is 0 Å².